The van der Waals surface area contributed by atoms with Gasteiger partial charge in [0.1, 0.15) is 6.54 Å². The number of morpholine rings is 1. The smallest absolute Gasteiger partial charge is 0.244 e. The lowest BCUT2D eigenvalue weighted by atomic mass is 10.0. The van der Waals surface area contributed by atoms with Crippen LogP contribution in [0.3, 0.4) is 0 Å². The Morgan fingerprint density at radius 3 is 2.52 bits per heavy atom. The molecule has 142 valence electrons. The van der Waals surface area contributed by atoms with Gasteiger partial charge in [0.25, 0.3) is 0 Å². The summed E-state index contributed by atoms with van der Waals surface area (Å²) in [6, 6.07) is -0.230. The molecule has 0 bridgehead atoms. The Bertz CT molecular complexity index is 582. The number of halogens is 1. The number of nitrogens with one attached hydrogen (secondary N) is 1. The first-order valence-electron chi connectivity index (χ1n) is 8.28. The van der Waals surface area contributed by atoms with Crippen molar-refractivity contribution in [1.29, 1.82) is 0 Å². The normalized spacial score (nSPS) is 22.7. The second-order valence-electron chi connectivity index (χ2n) is 6.62. The number of hydrogen-bond acceptors (Lipinski definition) is 5. The molecule has 1 aliphatic heterocycles. The fourth-order valence-electron chi connectivity index (χ4n) is 2.63. The number of ether oxygens (including phenoxy) is 1. The van der Waals surface area contributed by atoms with Crippen molar-refractivity contribution in [3.63, 3.8) is 0 Å². The van der Waals surface area contributed by atoms with Crippen molar-refractivity contribution in [2.75, 3.05) is 18.4 Å². The van der Waals surface area contributed by atoms with E-state index in [4.69, 9.17) is 10.5 Å². The summed E-state index contributed by atoms with van der Waals surface area (Å²) in [7, 11) is 0. The highest BCUT2D eigenvalue weighted by Gasteiger charge is 2.26. The van der Waals surface area contributed by atoms with E-state index in [1.54, 1.807) is 24.9 Å². The highest BCUT2D eigenvalue weighted by atomic mass is 35.5. The van der Waals surface area contributed by atoms with Crippen LogP contribution in [0, 0.1) is 5.92 Å². The van der Waals surface area contributed by atoms with Crippen molar-refractivity contribution in [2.24, 2.45) is 11.7 Å². The van der Waals surface area contributed by atoms with Gasteiger partial charge in [0.2, 0.25) is 11.8 Å². The quantitative estimate of drug-likeness (QED) is 0.797. The molecule has 1 fully saturated rings. The SMILES string of the molecule is CC1CN(C(=O)Cn2cc(NC(=O)C(C)C(C)N)cn2)CC(C)O1.Cl. The summed E-state index contributed by atoms with van der Waals surface area (Å²) in [6.45, 7) is 8.78. The Morgan fingerprint density at radius 1 is 1.36 bits per heavy atom. The van der Waals surface area contributed by atoms with Crippen molar-refractivity contribution in [3.05, 3.63) is 12.4 Å². The lowest BCUT2D eigenvalue weighted by molar-refractivity contribution is -0.144. The van der Waals surface area contributed by atoms with Crippen LogP contribution in [0.15, 0.2) is 12.4 Å². The van der Waals surface area contributed by atoms with E-state index in [0.717, 1.165) is 0 Å². The Kier molecular flexibility index (Phi) is 7.85. The van der Waals surface area contributed by atoms with Gasteiger partial charge < -0.3 is 20.7 Å². The molecule has 0 saturated carbocycles. The third kappa shape index (κ3) is 5.98. The van der Waals surface area contributed by atoms with Crippen LogP contribution in [0.2, 0.25) is 0 Å². The van der Waals surface area contributed by atoms with Crippen LogP contribution >= 0.6 is 12.4 Å². The van der Waals surface area contributed by atoms with Crippen LogP contribution < -0.4 is 11.1 Å². The van der Waals surface area contributed by atoms with E-state index in [1.165, 1.54) is 10.9 Å². The Morgan fingerprint density at radius 2 is 1.96 bits per heavy atom. The summed E-state index contributed by atoms with van der Waals surface area (Å²) in [4.78, 5) is 26.2. The molecule has 1 saturated heterocycles. The maximum atomic E-state index is 12.4. The lowest BCUT2D eigenvalue weighted by Crippen LogP contribution is -2.49. The molecule has 4 unspecified atom stereocenters. The molecule has 2 amide bonds. The summed E-state index contributed by atoms with van der Waals surface area (Å²) in [5.74, 6) is -0.472. The third-order valence-corrected chi connectivity index (χ3v) is 4.17. The average molecular weight is 374 g/mol. The summed E-state index contributed by atoms with van der Waals surface area (Å²) >= 11 is 0. The molecule has 1 aliphatic rings. The highest BCUT2D eigenvalue weighted by molar-refractivity contribution is 5.92. The monoisotopic (exact) mass is 373 g/mol. The second kappa shape index (κ2) is 9.17. The fourth-order valence-corrected chi connectivity index (χ4v) is 2.63. The van der Waals surface area contributed by atoms with Crippen LogP contribution in [0.1, 0.15) is 27.7 Å². The van der Waals surface area contributed by atoms with E-state index < -0.39 is 0 Å². The predicted octanol–water partition coefficient (Wildman–Crippen LogP) is 0.863. The minimum atomic E-state index is -0.300. The highest BCUT2D eigenvalue weighted by Crippen LogP contribution is 2.13. The van der Waals surface area contributed by atoms with Crippen molar-refractivity contribution in [2.45, 2.75) is 52.5 Å². The molecule has 3 N–H and O–H groups in total. The van der Waals surface area contributed by atoms with Gasteiger partial charge >= 0.3 is 0 Å². The van der Waals surface area contributed by atoms with Gasteiger partial charge in [0.15, 0.2) is 0 Å². The van der Waals surface area contributed by atoms with Gasteiger partial charge in [0.05, 0.1) is 30.0 Å². The lowest BCUT2D eigenvalue weighted by Gasteiger charge is -2.35. The molecule has 1 aromatic heterocycles. The van der Waals surface area contributed by atoms with Crippen LogP contribution in [0.5, 0.6) is 0 Å². The largest absolute Gasteiger partial charge is 0.372 e. The van der Waals surface area contributed by atoms with Gasteiger partial charge in [-0.1, -0.05) is 6.92 Å². The molecular formula is C16H28ClN5O3. The number of carbonyl (C=O) groups excluding carboxylic acids is 2. The zero-order valence-electron chi connectivity index (χ0n) is 15.1. The number of hydrogen-bond donors (Lipinski definition) is 2. The summed E-state index contributed by atoms with van der Waals surface area (Å²) < 4.78 is 7.16. The van der Waals surface area contributed by atoms with E-state index in [9.17, 15) is 9.59 Å². The first kappa shape index (κ1) is 21.4. The second-order valence-corrected chi connectivity index (χ2v) is 6.62. The van der Waals surface area contributed by atoms with Gasteiger partial charge in [0, 0.05) is 25.3 Å². The molecule has 1 aromatic rings. The molecule has 0 spiro atoms. The Balaban J connectivity index is 0.00000312. The summed E-state index contributed by atoms with van der Waals surface area (Å²) in [5, 5.41) is 6.90. The molecule has 4 atom stereocenters. The Hall–Kier alpha value is -1.64. The van der Waals surface area contributed by atoms with Crippen LogP contribution in [-0.4, -0.2) is 57.8 Å². The average Bonchev–Trinajstić information content (AvgIpc) is 2.92. The van der Waals surface area contributed by atoms with E-state index in [1.807, 2.05) is 13.8 Å². The fraction of sp³-hybridized carbons (Fsp3) is 0.688. The molecule has 9 heteroatoms. The molecule has 8 nitrogen and oxygen atoms in total. The number of nitrogens with two attached hydrogens (primary N) is 1. The summed E-state index contributed by atoms with van der Waals surface area (Å²) in [6.07, 6.45) is 3.25. The van der Waals surface area contributed by atoms with Gasteiger partial charge in [-0.05, 0) is 20.8 Å². The van der Waals surface area contributed by atoms with Crippen LogP contribution in [-0.2, 0) is 20.9 Å². The van der Waals surface area contributed by atoms with Crippen molar-refractivity contribution >= 4 is 29.9 Å². The molecule has 0 radical (unpaired) electrons. The predicted molar refractivity (Wildman–Crippen MR) is 97.5 cm³/mol. The molecule has 0 aromatic carbocycles. The van der Waals surface area contributed by atoms with Gasteiger partial charge in [-0.3, -0.25) is 14.3 Å². The number of amides is 2. The molecule has 0 aliphatic carbocycles. The molecule has 2 rings (SSSR count). The van der Waals surface area contributed by atoms with Crippen molar-refractivity contribution in [1.82, 2.24) is 14.7 Å². The zero-order valence-corrected chi connectivity index (χ0v) is 16.0. The summed E-state index contributed by atoms with van der Waals surface area (Å²) in [5.41, 5.74) is 6.28. The Labute approximate surface area is 154 Å². The van der Waals surface area contributed by atoms with Gasteiger partial charge in [-0.15, -0.1) is 12.4 Å². The molecule has 2 heterocycles. The number of aromatic nitrogens is 2. The third-order valence-electron chi connectivity index (χ3n) is 4.17. The van der Waals surface area contributed by atoms with Crippen LogP contribution in [0.4, 0.5) is 5.69 Å². The molecular weight excluding hydrogens is 346 g/mol. The zero-order chi connectivity index (χ0) is 17.9. The van der Waals surface area contributed by atoms with E-state index in [0.29, 0.717) is 18.8 Å². The number of nitrogens with zero attached hydrogens (tertiary/aromatic N) is 3. The van der Waals surface area contributed by atoms with Crippen LogP contribution in [0.25, 0.3) is 0 Å². The van der Waals surface area contributed by atoms with Crippen molar-refractivity contribution in [3.8, 4) is 0 Å². The first-order valence-corrected chi connectivity index (χ1v) is 8.28. The maximum Gasteiger partial charge on any atom is 0.244 e. The van der Waals surface area contributed by atoms with E-state index in [-0.39, 0.29) is 54.9 Å². The standard InChI is InChI=1S/C16H27N5O3.ClH/c1-10-6-20(7-11(2)24-10)15(22)9-21-8-14(5-18-21)19-16(23)12(3)13(4)17;/h5,8,10-13H,6-7,9,17H2,1-4H3,(H,19,23);1H. The van der Waals surface area contributed by atoms with Crippen molar-refractivity contribution < 1.29 is 14.3 Å². The van der Waals surface area contributed by atoms with E-state index >= 15 is 0 Å². The topological polar surface area (TPSA) is 102 Å². The number of rotatable bonds is 5. The number of carbonyl (C=O) groups is 2. The van der Waals surface area contributed by atoms with Gasteiger partial charge in [-0.25, -0.2) is 0 Å². The minimum Gasteiger partial charge on any atom is -0.372 e. The van der Waals surface area contributed by atoms with Gasteiger partial charge in [-0.2, -0.15) is 5.10 Å². The molecule has 25 heavy (non-hydrogen) atoms. The minimum absolute atomic E-state index is 0. The van der Waals surface area contributed by atoms with E-state index in [2.05, 4.69) is 10.4 Å². The number of anilines is 1. The maximum absolute atomic E-state index is 12.4. The first-order chi connectivity index (χ1) is 11.3.